The topological polar surface area (TPSA) is 129 Å². The average molecular weight is 277 g/mol. The maximum Gasteiger partial charge on any atom is 0.338 e. The summed E-state index contributed by atoms with van der Waals surface area (Å²) in [4.78, 5) is 11.4. The summed E-state index contributed by atoms with van der Waals surface area (Å²) in [5.41, 5.74) is 0.258. The standard InChI is InChI=1S/C10H12O6S.H3N/c1-2-7-15-10(11)8-3-5-9(6-4-8)16-17(12,13)14;/h3-6H,2,7H2,1H3,(H,12,13,14);1H3. The van der Waals surface area contributed by atoms with E-state index in [1.165, 1.54) is 24.3 Å². The molecule has 0 amide bonds. The van der Waals surface area contributed by atoms with E-state index in [4.69, 9.17) is 4.74 Å². The molecule has 0 spiro atoms. The van der Waals surface area contributed by atoms with Crippen molar-refractivity contribution in [1.82, 2.24) is 6.15 Å². The number of esters is 1. The lowest BCUT2D eigenvalue weighted by Crippen LogP contribution is -2.08. The number of rotatable bonds is 5. The van der Waals surface area contributed by atoms with Crippen molar-refractivity contribution in [2.24, 2.45) is 0 Å². The van der Waals surface area contributed by atoms with Gasteiger partial charge in [0.2, 0.25) is 0 Å². The van der Waals surface area contributed by atoms with Gasteiger partial charge in [-0.2, -0.15) is 0 Å². The van der Waals surface area contributed by atoms with Crippen molar-refractivity contribution >= 4 is 16.4 Å². The van der Waals surface area contributed by atoms with Gasteiger partial charge in [-0.15, -0.1) is 0 Å². The number of carbonyl (C=O) groups excluding carboxylic acids is 1. The van der Waals surface area contributed by atoms with Crippen LogP contribution in [0.15, 0.2) is 24.3 Å². The van der Waals surface area contributed by atoms with Gasteiger partial charge in [0.25, 0.3) is 10.4 Å². The Morgan fingerprint density at radius 1 is 1.28 bits per heavy atom. The molecule has 0 saturated heterocycles. The highest BCUT2D eigenvalue weighted by Gasteiger charge is 2.07. The van der Waals surface area contributed by atoms with Crippen LogP contribution in [-0.4, -0.2) is 25.5 Å². The van der Waals surface area contributed by atoms with E-state index in [0.717, 1.165) is 0 Å². The van der Waals surface area contributed by atoms with Crippen LogP contribution in [0, 0.1) is 0 Å². The Bertz CT molecular complexity index is 482. The lowest BCUT2D eigenvalue weighted by atomic mass is 10.2. The van der Waals surface area contributed by atoms with E-state index < -0.39 is 16.4 Å². The molecule has 7 nitrogen and oxygen atoms in total. The third kappa shape index (κ3) is 5.62. The molecule has 18 heavy (non-hydrogen) atoms. The fraction of sp³-hybridized carbons (Fsp3) is 0.300. The third-order valence-electron chi connectivity index (χ3n) is 1.73. The highest BCUT2D eigenvalue weighted by Crippen LogP contribution is 2.14. The average Bonchev–Trinajstić information content (AvgIpc) is 2.24. The fourth-order valence-corrected chi connectivity index (χ4v) is 1.39. The van der Waals surface area contributed by atoms with Crippen LogP contribution in [0.1, 0.15) is 23.7 Å². The Kier molecular flexibility index (Phi) is 6.31. The second kappa shape index (κ2) is 6.94. The van der Waals surface area contributed by atoms with E-state index in [9.17, 15) is 17.8 Å². The number of hydrogen-bond acceptors (Lipinski definition) is 6. The molecule has 0 aliphatic rings. The first-order valence-corrected chi connectivity index (χ1v) is 6.18. The fourth-order valence-electron chi connectivity index (χ4n) is 1.04. The Balaban J connectivity index is 0.00000289. The zero-order valence-electron chi connectivity index (χ0n) is 10.1. The molecule has 4 N–H and O–H groups in total. The molecule has 0 fully saturated rings. The van der Waals surface area contributed by atoms with Gasteiger partial charge in [-0.25, -0.2) is 13.2 Å². The van der Waals surface area contributed by atoms with Gasteiger partial charge in [0.05, 0.1) is 12.2 Å². The zero-order valence-corrected chi connectivity index (χ0v) is 10.9. The van der Waals surface area contributed by atoms with Crippen LogP contribution in [0.5, 0.6) is 5.75 Å². The van der Waals surface area contributed by atoms with Gasteiger partial charge in [-0.3, -0.25) is 0 Å². The second-order valence-electron chi connectivity index (χ2n) is 3.15. The Morgan fingerprint density at radius 3 is 2.28 bits per heavy atom. The minimum absolute atomic E-state index is 0. The van der Waals surface area contributed by atoms with Crippen LogP contribution < -0.4 is 10.3 Å². The molecular formula is C10H15NO6S. The summed E-state index contributed by atoms with van der Waals surface area (Å²) in [6, 6.07) is 5.05. The van der Waals surface area contributed by atoms with Crippen molar-refractivity contribution in [2.45, 2.75) is 13.3 Å². The largest absolute Gasteiger partial charge is 0.716 e. The molecule has 1 aromatic rings. The summed E-state index contributed by atoms with van der Waals surface area (Å²) in [5, 5.41) is 0. The molecular weight excluding hydrogens is 262 g/mol. The van der Waals surface area contributed by atoms with Crippen molar-refractivity contribution < 1.29 is 26.7 Å². The van der Waals surface area contributed by atoms with Gasteiger partial charge in [-0.1, -0.05) is 6.92 Å². The highest BCUT2D eigenvalue weighted by molar-refractivity contribution is 7.81. The molecule has 0 aliphatic heterocycles. The van der Waals surface area contributed by atoms with Crippen LogP contribution >= 0.6 is 0 Å². The molecule has 1 aromatic carbocycles. The van der Waals surface area contributed by atoms with Gasteiger partial charge in [-0.05, 0) is 30.7 Å². The number of benzene rings is 1. The molecule has 0 saturated carbocycles. The highest BCUT2D eigenvalue weighted by atomic mass is 32.3. The molecule has 0 radical (unpaired) electrons. The molecule has 1 rings (SSSR count). The molecule has 0 aliphatic carbocycles. The molecule has 0 aromatic heterocycles. The summed E-state index contributed by atoms with van der Waals surface area (Å²) in [5.74, 6) is -0.657. The van der Waals surface area contributed by atoms with Gasteiger partial charge >= 0.3 is 5.97 Å². The van der Waals surface area contributed by atoms with E-state index >= 15 is 0 Å². The first-order valence-electron chi connectivity index (χ1n) is 4.85. The van der Waals surface area contributed by atoms with Gasteiger partial charge in [0.1, 0.15) is 5.75 Å². The minimum atomic E-state index is -4.79. The number of hydrogen-bond donors (Lipinski definition) is 1. The summed E-state index contributed by atoms with van der Waals surface area (Å²) in [7, 11) is -4.79. The van der Waals surface area contributed by atoms with Crippen LogP contribution in [-0.2, 0) is 15.1 Å². The molecule has 0 atom stereocenters. The van der Waals surface area contributed by atoms with Crippen molar-refractivity contribution in [2.75, 3.05) is 6.61 Å². The maximum absolute atomic E-state index is 11.4. The van der Waals surface area contributed by atoms with Crippen LogP contribution in [0.3, 0.4) is 0 Å². The minimum Gasteiger partial charge on any atom is -0.716 e. The van der Waals surface area contributed by atoms with Gasteiger partial charge < -0.3 is 19.6 Å². The Hall–Kier alpha value is -1.64. The van der Waals surface area contributed by atoms with E-state index in [2.05, 4.69) is 4.18 Å². The summed E-state index contributed by atoms with van der Waals surface area (Å²) >= 11 is 0. The van der Waals surface area contributed by atoms with E-state index in [1.54, 1.807) is 0 Å². The predicted octanol–water partition coefficient (Wildman–Crippen LogP) is 1.47. The van der Waals surface area contributed by atoms with E-state index in [-0.39, 0.29) is 17.5 Å². The second-order valence-corrected chi connectivity index (χ2v) is 4.14. The third-order valence-corrected chi connectivity index (χ3v) is 2.12. The molecule has 0 unspecified atom stereocenters. The smallest absolute Gasteiger partial charge is 0.338 e. The monoisotopic (exact) mass is 277 g/mol. The normalized spacial score (nSPS) is 10.3. The summed E-state index contributed by atoms with van der Waals surface area (Å²) < 4.78 is 39.8. The Labute approximate surface area is 105 Å². The van der Waals surface area contributed by atoms with Crippen LogP contribution in [0.25, 0.3) is 0 Å². The SMILES string of the molecule is CCCOC(=O)c1ccc(OS(=O)(=O)[O-])cc1.[NH4+]. The van der Waals surface area contributed by atoms with Crippen LogP contribution in [0.4, 0.5) is 0 Å². The molecule has 0 heterocycles. The zero-order chi connectivity index (χ0) is 12.9. The lowest BCUT2D eigenvalue weighted by molar-refractivity contribution is 0.0505. The molecule has 0 bridgehead atoms. The first-order chi connectivity index (χ1) is 7.92. The molecule has 102 valence electrons. The predicted molar refractivity (Wildman–Crippen MR) is 63.3 cm³/mol. The quantitative estimate of drug-likeness (QED) is 0.492. The van der Waals surface area contributed by atoms with Crippen molar-refractivity contribution in [1.29, 1.82) is 0 Å². The van der Waals surface area contributed by atoms with E-state index in [0.29, 0.717) is 13.0 Å². The number of ether oxygens (including phenoxy) is 1. The van der Waals surface area contributed by atoms with Crippen molar-refractivity contribution in [3.8, 4) is 5.75 Å². The van der Waals surface area contributed by atoms with Gasteiger partial charge in [0, 0.05) is 0 Å². The van der Waals surface area contributed by atoms with Gasteiger partial charge in [0.15, 0.2) is 0 Å². The summed E-state index contributed by atoms with van der Waals surface area (Å²) in [6.45, 7) is 2.18. The van der Waals surface area contributed by atoms with Crippen molar-refractivity contribution in [3.63, 3.8) is 0 Å². The first kappa shape index (κ1) is 16.4. The van der Waals surface area contributed by atoms with Crippen LogP contribution in [0.2, 0.25) is 0 Å². The Morgan fingerprint density at radius 2 is 1.83 bits per heavy atom. The van der Waals surface area contributed by atoms with E-state index in [1.807, 2.05) is 6.92 Å². The number of carbonyl (C=O) groups is 1. The number of quaternary nitrogens is 1. The molecule has 8 heteroatoms. The maximum atomic E-state index is 11.4. The lowest BCUT2D eigenvalue weighted by Gasteiger charge is -2.09. The van der Waals surface area contributed by atoms with Crippen molar-refractivity contribution in [3.05, 3.63) is 29.8 Å². The summed E-state index contributed by atoms with van der Waals surface area (Å²) in [6.07, 6.45) is 0.710.